The highest BCUT2D eigenvalue weighted by molar-refractivity contribution is 7.70. The Bertz CT molecular complexity index is 1450. The first-order chi connectivity index (χ1) is 18.3. The van der Waals surface area contributed by atoms with Crippen molar-refractivity contribution in [3.05, 3.63) is 35.7 Å². The van der Waals surface area contributed by atoms with Crippen molar-refractivity contribution in [1.82, 2.24) is 24.8 Å². The maximum atomic E-state index is 14.1. The number of anilines is 1. The van der Waals surface area contributed by atoms with Gasteiger partial charge in [-0.05, 0) is 65.1 Å². The van der Waals surface area contributed by atoms with E-state index in [1.165, 1.54) is 6.20 Å². The van der Waals surface area contributed by atoms with Crippen molar-refractivity contribution in [2.45, 2.75) is 50.4 Å². The second kappa shape index (κ2) is 10.2. The summed E-state index contributed by atoms with van der Waals surface area (Å²) in [6.07, 6.45) is 2.01. The summed E-state index contributed by atoms with van der Waals surface area (Å²) in [4.78, 5) is 28.9. The van der Waals surface area contributed by atoms with Crippen molar-refractivity contribution in [2.24, 2.45) is 0 Å². The van der Waals surface area contributed by atoms with Crippen molar-refractivity contribution in [3.8, 4) is 11.3 Å². The highest BCUT2D eigenvalue weighted by Gasteiger charge is 2.37. The van der Waals surface area contributed by atoms with Crippen LogP contribution in [0.1, 0.15) is 48.0 Å². The van der Waals surface area contributed by atoms with E-state index in [0.29, 0.717) is 34.4 Å². The Balaban J connectivity index is 1.70. The number of fused-ring (bicyclic) bond motifs is 7. The van der Waals surface area contributed by atoms with Gasteiger partial charge in [0, 0.05) is 54.3 Å². The van der Waals surface area contributed by atoms with Crippen LogP contribution in [0.3, 0.4) is 0 Å². The van der Waals surface area contributed by atoms with Crippen LogP contribution in [0.2, 0.25) is 0 Å². The minimum atomic E-state index is -4.68. The molecule has 3 aliphatic rings. The molecule has 0 radical (unpaired) electrons. The standard InChI is InChI=1S/C27H34F3N6O2P/c1-35-11-5-6-12-36(2)25(37)19-10-9-18-20(14-31-23(18)24(19)39(3,4)38)22-21(27(28,29)30)15-32-26(34-22)33-16-7-8-17(35)13-16/h9-10,14-17,31H,5-8,11-13H2,1-4H3,(H,32,33,34)/t16-,17-/m0/s1. The van der Waals surface area contributed by atoms with Crippen molar-refractivity contribution < 1.29 is 22.5 Å². The summed E-state index contributed by atoms with van der Waals surface area (Å²) in [6, 6.07) is 3.59. The predicted molar refractivity (Wildman–Crippen MR) is 147 cm³/mol. The molecule has 2 atom stereocenters. The first kappa shape index (κ1) is 27.6. The summed E-state index contributed by atoms with van der Waals surface area (Å²) in [5.41, 5.74) is -0.328. The normalized spacial score (nSPS) is 21.7. The van der Waals surface area contributed by atoms with Crippen LogP contribution in [0.4, 0.5) is 19.1 Å². The molecule has 1 saturated carbocycles. The Morgan fingerprint density at radius 1 is 1.08 bits per heavy atom. The van der Waals surface area contributed by atoms with Gasteiger partial charge in [0.1, 0.15) is 12.7 Å². The fraction of sp³-hybridized carbons (Fsp3) is 0.519. The van der Waals surface area contributed by atoms with Gasteiger partial charge in [-0.1, -0.05) is 6.07 Å². The number of hydrogen-bond donors (Lipinski definition) is 2. The average molecular weight is 563 g/mol. The summed E-state index contributed by atoms with van der Waals surface area (Å²) in [7, 11) is 0.778. The monoisotopic (exact) mass is 562 g/mol. The fourth-order valence-corrected chi connectivity index (χ4v) is 7.32. The molecule has 0 spiro atoms. The van der Waals surface area contributed by atoms with Gasteiger partial charge < -0.3 is 24.7 Å². The number of halogens is 3. The average Bonchev–Trinajstić information content (AvgIpc) is 3.50. The zero-order valence-corrected chi connectivity index (χ0v) is 23.5. The van der Waals surface area contributed by atoms with Gasteiger partial charge in [0.25, 0.3) is 5.91 Å². The number of alkyl halides is 3. The van der Waals surface area contributed by atoms with E-state index >= 15 is 0 Å². The van der Waals surface area contributed by atoms with Crippen molar-refractivity contribution >= 4 is 35.2 Å². The molecule has 1 fully saturated rings. The second-order valence-electron chi connectivity index (χ2n) is 11.1. The SMILES string of the molecule is CN1CCCCN(C)[C@H]2CC[C@@H](C2)Nc2ncc(C(F)(F)F)c(n2)-c2c[nH]c3c(P(C)(C)=O)c(ccc23)C1=O. The van der Waals surface area contributed by atoms with Crippen LogP contribution >= 0.6 is 7.14 Å². The Labute approximate surface area is 225 Å². The quantitative estimate of drug-likeness (QED) is 0.405. The predicted octanol–water partition coefficient (Wildman–Crippen LogP) is 5.02. The smallest absolute Gasteiger partial charge is 0.360 e. The topological polar surface area (TPSA) is 94.2 Å². The Morgan fingerprint density at radius 2 is 1.82 bits per heavy atom. The number of carbonyl (C=O) groups excluding carboxylic acids is 1. The lowest BCUT2D eigenvalue weighted by molar-refractivity contribution is -0.137. The van der Waals surface area contributed by atoms with Crippen LogP contribution in [0.15, 0.2) is 24.5 Å². The number of benzene rings is 1. The van der Waals surface area contributed by atoms with E-state index in [-0.39, 0.29) is 29.2 Å². The van der Waals surface area contributed by atoms with E-state index in [4.69, 9.17) is 0 Å². The number of aromatic amines is 1. The van der Waals surface area contributed by atoms with Crippen LogP contribution in [0.25, 0.3) is 22.2 Å². The lowest BCUT2D eigenvalue weighted by atomic mass is 10.0. The molecule has 0 unspecified atom stereocenters. The van der Waals surface area contributed by atoms with E-state index in [1.54, 1.807) is 37.4 Å². The fourth-order valence-electron chi connectivity index (χ4n) is 5.85. The van der Waals surface area contributed by atoms with Gasteiger partial charge in [0.2, 0.25) is 5.95 Å². The number of hydrogen-bond acceptors (Lipinski definition) is 6. The zero-order valence-electron chi connectivity index (χ0n) is 22.6. The number of rotatable bonds is 1. The highest BCUT2D eigenvalue weighted by Crippen LogP contribution is 2.43. The van der Waals surface area contributed by atoms with E-state index in [0.717, 1.165) is 44.8 Å². The van der Waals surface area contributed by atoms with Gasteiger partial charge in [-0.25, -0.2) is 9.97 Å². The Kier molecular flexibility index (Phi) is 7.26. The number of H-pyrrole nitrogens is 1. The molecule has 8 bridgehead atoms. The van der Waals surface area contributed by atoms with E-state index in [9.17, 15) is 22.5 Å². The third-order valence-electron chi connectivity index (χ3n) is 7.91. The molecular formula is C27H34F3N6O2P. The van der Waals surface area contributed by atoms with Crippen molar-refractivity contribution in [3.63, 3.8) is 0 Å². The summed E-state index contributed by atoms with van der Waals surface area (Å²) >= 11 is 0. The first-order valence-corrected chi connectivity index (χ1v) is 15.8. The lowest BCUT2D eigenvalue weighted by Gasteiger charge is -2.25. The third kappa shape index (κ3) is 5.43. The van der Waals surface area contributed by atoms with Crippen molar-refractivity contribution in [2.75, 3.05) is 45.8 Å². The molecule has 2 N–H and O–H groups in total. The number of carbonyl (C=O) groups is 1. The Morgan fingerprint density at radius 3 is 2.54 bits per heavy atom. The minimum absolute atomic E-state index is 0.0519. The lowest BCUT2D eigenvalue weighted by Crippen LogP contribution is -2.33. The molecule has 1 aromatic carbocycles. The molecule has 0 saturated heterocycles. The van der Waals surface area contributed by atoms with Crippen LogP contribution < -0.4 is 10.6 Å². The van der Waals surface area contributed by atoms with Crippen LogP contribution in [0.5, 0.6) is 0 Å². The molecule has 6 rings (SSSR count). The van der Waals surface area contributed by atoms with Gasteiger partial charge >= 0.3 is 6.18 Å². The first-order valence-electron chi connectivity index (χ1n) is 13.2. The number of nitrogens with one attached hydrogen (secondary N) is 2. The molecule has 12 heteroatoms. The van der Waals surface area contributed by atoms with Gasteiger partial charge in [-0.2, -0.15) is 13.2 Å². The van der Waals surface area contributed by atoms with Gasteiger partial charge in [0.05, 0.1) is 16.8 Å². The van der Waals surface area contributed by atoms with Crippen LogP contribution in [0, 0.1) is 0 Å². The third-order valence-corrected chi connectivity index (χ3v) is 9.45. The van der Waals surface area contributed by atoms with E-state index < -0.39 is 18.9 Å². The number of amides is 1. The number of aromatic nitrogens is 3. The molecule has 8 nitrogen and oxygen atoms in total. The molecule has 4 heterocycles. The Hall–Kier alpha value is -2.91. The summed E-state index contributed by atoms with van der Waals surface area (Å²) in [5, 5.41) is 4.02. The van der Waals surface area contributed by atoms with Gasteiger partial charge in [-0.15, -0.1) is 0 Å². The van der Waals surface area contributed by atoms with Crippen LogP contribution in [-0.2, 0) is 10.7 Å². The largest absolute Gasteiger partial charge is 0.419 e. The molecule has 2 aromatic heterocycles. The summed E-state index contributed by atoms with van der Waals surface area (Å²) < 4.78 is 55.8. The second-order valence-corrected chi connectivity index (χ2v) is 14.3. The van der Waals surface area contributed by atoms with Gasteiger partial charge in [-0.3, -0.25) is 4.79 Å². The maximum absolute atomic E-state index is 14.1. The zero-order chi connectivity index (χ0) is 28.1. The molecule has 2 aliphatic heterocycles. The molecule has 39 heavy (non-hydrogen) atoms. The van der Waals surface area contributed by atoms with Crippen molar-refractivity contribution in [1.29, 1.82) is 0 Å². The molecule has 1 amide bonds. The molecule has 210 valence electrons. The van der Waals surface area contributed by atoms with Crippen LogP contribution in [-0.4, -0.2) is 83.3 Å². The van der Waals surface area contributed by atoms with E-state index in [1.807, 2.05) is 0 Å². The molecule has 1 aliphatic carbocycles. The minimum Gasteiger partial charge on any atom is -0.360 e. The molecular weight excluding hydrogens is 528 g/mol. The number of nitrogens with zero attached hydrogens (tertiary/aromatic N) is 4. The summed E-state index contributed by atoms with van der Waals surface area (Å²) in [6.45, 7) is 4.55. The van der Waals surface area contributed by atoms with Gasteiger partial charge in [0.15, 0.2) is 0 Å². The molecule has 3 aromatic rings. The highest BCUT2D eigenvalue weighted by atomic mass is 31.2. The van der Waals surface area contributed by atoms with E-state index in [2.05, 4.69) is 32.2 Å². The maximum Gasteiger partial charge on any atom is 0.419 e. The summed E-state index contributed by atoms with van der Waals surface area (Å²) in [5.74, 6) is -0.120.